The fraction of sp³-hybridized carbons (Fsp3) is 0.938. The number of likely N-dealkylation sites (N-methyl/N-ethyl adjacent to an activating group) is 1. The molecule has 1 unspecified atom stereocenters. The SMILES string of the molecule is CC.CC1C[C@@H](C)C[C@@H](C)C(=O)C(C)(C)C(=O)OCC2(CC3(CN(C)C3)C2)N(C)C1.C[C@H]1C[C@@H](C)O[C@@H](O)C1. The van der Waals surface area contributed by atoms with Crippen molar-refractivity contribution >= 4 is 11.8 Å². The molecular weight excluding hydrogens is 492 g/mol. The molecule has 0 radical (unpaired) electrons. The van der Waals surface area contributed by atoms with E-state index in [4.69, 9.17) is 14.6 Å². The molecule has 3 heterocycles. The zero-order valence-corrected chi connectivity index (χ0v) is 27.0. The zero-order valence-electron chi connectivity index (χ0n) is 27.0. The van der Waals surface area contributed by atoms with Crippen LogP contribution in [-0.4, -0.2) is 84.9 Å². The number of nitrogens with zero attached hydrogens (tertiary/aromatic N) is 2. The third-order valence-electron chi connectivity index (χ3n) is 9.35. The first-order valence-electron chi connectivity index (χ1n) is 15.5. The highest BCUT2D eigenvalue weighted by atomic mass is 16.6. The van der Waals surface area contributed by atoms with Crippen molar-refractivity contribution in [3.8, 4) is 0 Å². The smallest absolute Gasteiger partial charge is 0.319 e. The maximum atomic E-state index is 13.0. The molecule has 1 N–H and O–H groups in total. The Morgan fingerprint density at radius 3 is 1.92 bits per heavy atom. The highest BCUT2D eigenvalue weighted by Gasteiger charge is 2.61. The first kappa shape index (κ1) is 34.2. The molecule has 3 aliphatic heterocycles. The molecule has 6 atom stereocenters. The molecule has 3 saturated heterocycles. The van der Waals surface area contributed by atoms with Gasteiger partial charge < -0.3 is 19.5 Å². The van der Waals surface area contributed by atoms with E-state index in [1.165, 1.54) is 0 Å². The van der Waals surface area contributed by atoms with Gasteiger partial charge in [0.25, 0.3) is 0 Å². The first-order chi connectivity index (χ1) is 18.1. The number of Topliss-reactive ketones (excluding diaryl/α,β-unsaturated/α-hetero) is 1. The van der Waals surface area contributed by atoms with Crippen molar-refractivity contribution in [1.29, 1.82) is 0 Å². The number of carbonyl (C=O) groups is 2. The zero-order chi connectivity index (χ0) is 29.8. The van der Waals surface area contributed by atoms with E-state index in [9.17, 15) is 9.59 Å². The molecule has 0 bridgehead atoms. The Hall–Kier alpha value is -1.02. The molecule has 0 aromatic carbocycles. The molecule has 1 aliphatic carbocycles. The molecule has 4 aliphatic rings. The maximum absolute atomic E-state index is 13.0. The molecule has 39 heavy (non-hydrogen) atoms. The van der Waals surface area contributed by atoms with Gasteiger partial charge in [0.1, 0.15) is 12.0 Å². The normalized spacial score (nSPS) is 36.8. The topological polar surface area (TPSA) is 79.3 Å². The van der Waals surface area contributed by atoms with E-state index in [1.807, 2.05) is 27.7 Å². The maximum Gasteiger partial charge on any atom is 0.319 e. The third-order valence-corrected chi connectivity index (χ3v) is 9.35. The van der Waals surface area contributed by atoms with Crippen molar-refractivity contribution in [1.82, 2.24) is 9.80 Å². The van der Waals surface area contributed by atoms with Crippen LogP contribution in [0.2, 0.25) is 0 Å². The first-order valence-corrected chi connectivity index (χ1v) is 15.5. The molecule has 0 amide bonds. The number of aliphatic hydroxyl groups excluding tert-OH is 1. The van der Waals surface area contributed by atoms with Crippen LogP contribution in [0.15, 0.2) is 0 Å². The van der Waals surface area contributed by atoms with Crippen molar-refractivity contribution in [3.05, 3.63) is 0 Å². The van der Waals surface area contributed by atoms with Gasteiger partial charge in [-0.1, -0.05) is 41.5 Å². The van der Waals surface area contributed by atoms with Gasteiger partial charge in [0.05, 0.1) is 11.6 Å². The van der Waals surface area contributed by atoms with E-state index < -0.39 is 11.7 Å². The van der Waals surface area contributed by atoms with E-state index in [-0.39, 0.29) is 29.3 Å². The Morgan fingerprint density at radius 1 is 0.846 bits per heavy atom. The lowest BCUT2D eigenvalue weighted by molar-refractivity contribution is -0.187. The monoisotopic (exact) mass is 552 g/mol. The Bertz CT molecular complexity index is 775. The number of ketones is 1. The van der Waals surface area contributed by atoms with Crippen LogP contribution in [0, 0.1) is 34.5 Å². The van der Waals surface area contributed by atoms with Crippen LogP contribution < -0.4 is 0 Å². The summed E-state index contributed by atoms with van der Waals surface area (Å²) >= 11 is 0. The fourth-order valence-corrected chi connectivity index (χ4v) is 7.86. The molecule has 2 spiro atoms. The lowest BCUT2D eigenvalue weighted by atomic mass is 9.53. The minimum Gasteiger partial charge on any atom is -0.463 e. The molecule has 7 heteroatoms. The summed E-state index contributed by atoms with van der Waals surface area (Å²) in [4.78, 5) is 30.7. The Labute approximate surface area is 239 Å². The Morgan fingerprint density at radius 2 is 1.41 bits per heavy atom. The van der Waals surface area contributed by atoms with Crippen LogP contribution in [0.25, 0.3) is 0 Å². The number of carbonyl (C=O) groups excluding carboxylic acids is 2. The number of aliphatic hydroxyl groups is 1. The Kier molecular flexibility index (Phi) is 12.1. The van der Waals surface area contributed by atoms with Gasteiger partial charge in [0.15, 0.2) is 12.1 Å². The highest BCUT2D eigenvalue weighted by Crippen LogP contribution is 2.56. The minimum atomic E-state index is -1.07. The van der Waals surface area contributed by atoms with Gasteiger partial charge in [-0.3, -0.25) is 14.5 Å². The van der Waals surface area contributed by atoms with E-state index in [0.717, 1.165) is 58.2 Å². The van der Waals surface area contributed by atoms with Crippen LogP contribution in [0.4, 0.5) is 0 Å². The predicted octanol–water partition coefficient (Wildman–Crippen LogP) is 5.39. The molecule has 0 aromatic rings. The Balaban J connectivity index is 0.000000407. The number of hydrogen-bond donors (Lipinski definition) is 1. The third kappa shape index (κ3) is 8.50. The van der Waals surface area contributed by atoms with Gasteiger partial charge in [-0.05, 0) is 90.1 Å². The number of rotatable bonds is 0. The minimum absolute atomic E-state index is 0.0179. The summed E-state index contributed by atoms with van der Waals surface area (Å²) in [6, 6.07) is 0. The van der Waals surface area contributed by atoms with E-state index >= 15 is 0 Å². The van der Waals surface area contributed by atoms with Gasteiger partial charge in [0, 0.05) is 32.0 Å². The summed E-state index contributed by atoms with van der Waals surface area (Å²) in [6.07, 6.45) is 5.72. The molecule has 4 rings (SSSR count). The van der Waals surface area contributed by atoms with Crippen LogP contribution in [0.3, 0.4) is 0 Å². The van der Waals surface area contributed by atoms with Crippen LogP contribution in [0.5, 0.6) is 0 Å². The number of hydrogen-bond acceptors (Lipinski definition) is 7. The molecular formula is C32H60N2O5. The highest BCUT2D eigenvalue weighted by molar-refractivity contribution is 6.03. The summed E-state index contributed by atoms with van der Waals surface area (Å²) in [5.41, 5.74) is -0.746. The van der Waals surface area contributed by atoms with Crippen molar-refractivity contribution in [2.75, 3.05) is 40.3 Å². The van der Waals surface area contributed by atoms with Gasteiger partial charge in [-0.15, -0.1) is 0 Å². The molecule has 4 fully saturated rings. The van der Waals surface area contributed by atoms with Crippen LogP contribution in [-0.2, 0) is 19.1 Å². The summed E-state index contributed by atoms with van der Waals surface area (Å²) in [5.74, 6) is 1.19. The second-order valence-electron chi connectivity index (χ2n) is 14.3. The number of likely N-dealkylation sites (tertiary alicyclic amines) is 1. The molecule has 7 nitrogen and oxygen atoms in total. The average Bonchev–Trinajstić information content (AvgIpc) is 2.78. The largest absolute Gasteiger partial charge is 0.463 e. The standard InChI is InChI=1S/C23H40N2O3.C7H14O2.C2H6/c1-16-8-17(2)10-25(7)23(11-22(12-23)13-24(6)14-22)15-28-20(27)21(4,5)19(26)18(3)9-16;1-5-3-6(2)9-7(8)4-5;1-2/h16-18H,8-15H2,1-7H3;5-8H,3-4H2,1-2H3;1-2H3/t16-,17?,18-;5-,6+,7+;/m10./s1. The van der Waals surface area contributed by atoms with E-state index in [0.29, 0.717) is 29.8 Å². The van der Waals surface area contributed by atoms with Crippen molar-refractivity contribution in [2.24, 2.45) is 34.5 Å². The van der Waals surface area contributed by atoms with E-state index in [2.05, 4.69) is 44.7 Å². The van der Waals surface area contributed by atoms with E-state index in [1.54, 1.807) is 13.8 Å². The van der Waals surface area contributed by atoms with Gasteiger partial charge in [0.2, 0.25) is 0 Å². The average molecular weight is 553 g/mol. The van der Waals surface area contributed by atoms with Crippen molar-refractivity contribution < 1.29 is 24.2 Å². The lowest BCUT2D eigenvalue weighted by Crippen LogP contribution is -2.72. The second-order valence-corrected chi connectivity index (χ2v) is 14.3. The van der Waals surface area contributed by atoms with Gasteiger partial charge in [-0.2, -0.15) is 0 Å². The lowest BCUT2D eigenvalue weighted by Gasteiger charge is -2.66. The molecule has 228 valence electrons. The molecule has 0 aromatic heterocycles. The summed E-state index contributed by atoms with van der Waals surface area (Å²) in [7, 11) is 4.37. The van der Waals surface area contributed by atoms with Gasteiger partial charge in [-0.25, -0.2) is 0 Å². The van der Waals surface area contributed by atoms with Crippen molar-refractivity contribution in [3.63, 3.8) is 0 Å². The quantitative estimate of drug-likeness (QED) is 0.319. The second kappa shape index (κ2) is 13.8. The van der Waals surface area contributed by atoms with Gasteiger partial charge >= 0.3 is 5.97 Å². The number of esters is 1. The predicted molar refractivity (Wildman–Crippen MR) is 157 cm³/mol. The summed E-state index contributed by atoms with van der Waals surface area (Å²) in [6.45, 7) is 21.8. The summed E-state index contributed by atoms with van der Waals surface area (Å²) < 4.78 is 11.0. The van der Waals surface area contributed by atoms with Crippen LogP contribution in [0.1, 0.15) is 101 Å². The van der Waals surface area contributed by atoms with Crippen LogP contribution >= 0.6 is 0 Å². The number of ether oxygens (including phenoxy) is 2. The van der Waals surface area contributed by atoms with Crippen molar-refractivity contribution in [2.45, 2.75) is 119 Å². The summed E-state index contributed by atoms with van der Waals surface area (Å²) in [5, 5.41) is 9.03. The number of cyclic esters (lactones) is 1. The fourth-order valence-electron chi connectivity index (χ4n) is 7.86. The molecule has 1 saturated carbocycles.